The summed E-state index contributed by atoms with van der Waals surface area (Å²) in [5.41, 5.74) is 0. The maximum Gasteiger partial charge on any atom is 0.231 e. The Morgan fingerprint density at radius 1 is 1.63 bits per heavy atom. The molecule has 106 valence electrons. The second-order valence-electron chi connectivity index (χ2n) is 5.78. The van der Waals surface area contributed by atoms with Crippen LogP contribution in [0.1, 0.15) is 33.6 Å². The number of hydrogen-bond acceptors (Lipinski definition) is 3. The molecule has 1 aromatic heterocycles. The third-order valence-electron chi connectivity index (χ3n) is 3.61. The van der Waals surface area contributed by atoms with E-state index in [0.29, 0.717) is 11.9 Å². The highest BCUT2D eigenvalue weighted by Gasteiger charge is 2.28. The molecule has 1 fully saturated rings. The van der Waals surface area contributed by atoms with Gasteiger partial charge in [0.2, 0.25) is 11.9 Å². The van der Waals surface area contributed by atoms with Gasteiger partial charge in [-0.15, -0.1) is 0 Å². The summed E-state index contributed by atoms with van der Waals surface area (Å²) < 4.78 is 2.00. The van der Waals surface area contributed by atoms with E-state index >= 15 is 0 Å². The highest BCUT2D eigenvalue weighted by Crippen LogP contribution is 2.18. The van der Waals surface area contributed by atoms with Gasteiger partial charge in [-0.05, 0) is 32.2 Å². The summed E-state index contributed by atoms with van der Waals surface area (Å²) in [7, 11) is 0. The molecule has 0 saturated carbocycles. The zero-order valence-corrected chi connectivity index (χ0v) is 12.0. The molecule has 2 atom stereocenters. The van der Waals surface area contributed by atoms with E-state index in [1.807, 2.05) is 10.8 Å². The Morgan fingerprint density at radius 3 is 3.11 bits per heavy atom. The lowest BCUT2D eigenvalue weighted by molar-refractivity contribution is -0.121. The van der Waals surface area contributed by atoms with Crippen LogP contribution in [0.15, 0.2) is 12.4 Å². The number of rotatable bonds is 4. The van der Waals surface area contributed by atoms with E-state index in [1.165, 1.54) is 0 Å². The summed E-state index contributed by atoms with van der Waals surface area (Å²) in [5, 5.41) is 6.32. The molecule has 2 N–H and O–H groups in total. The van der Waals surface area contributed by atoms with Gasteiger partial charge in [0.25, 0.3) is 0 Å². The maximum absolute atomic E-state index is 12.3. The molecule has 0 spiro atoms. The van der Waals surface area contributed by atoms with Gasteiger partial charge in [0, 0.05) is 25.0 Å². The number of imidazole rings is 1. The lowest BCUT2D eigenvalue weighted by Gasteiger charge is -2.28. The van der Waals surface area contributed by atoms with Crippen LogP contribution in [-0.2, 0) is 11.3 Å². The van der Waals surface area contributed by atoms with Gasteiger partial charge < -0.3 is 9.88 Å². The molecule has 1 aliphatic heterocycles. The van der Waals surface area contributed by atoms with Gasteiger partial charge in [-0.25, -0.2) is 4.98 Å². The van der Waals surface area contributed by atoms with E-state index in [9.17, 15) is 4.79 Å². The molecule has 1 aliphatic rings. The van der Waals surface area contributed by atoms with Crippen LogP contribution in [0.25, 0.3) is 0 Å². The van der Waals surface area contributed by atoms with Gasteiger partial charge in [-0.2, -0.15) is 0 Å². The minimum absolute atomic E-state index is 0.0398. The Morgan fingerprint density at radius 2 is 2.42 bits per heavy atom. The minimum atomic E-state index is 0.0398. The summed E-state index contributed by atoms with van der Waals surface area (Å²) in [6.07, 6.45) is 5.66. The van der Waals surface area contributed by atoms with E-state index < -0.39 is 0 Å². The van der Waals surface area contributed by atoms with Crippen LogP contribution in [0.2, 0.25) is 0 Å². The SMILES string of the molecule is CC(C)Cn1ccnc1NC(=O)[C@@H]1CCCN[C@@H]1C. The van der Waals surface area contributed by atoms with Crippen molar-refractivity contribution in [3.63, 3.8) is 0 Å². The third-order valence-corrected chi connectivity index (χ3v) is 3.61. The molecule has 5 nitrogen and oxygen atoms in total. The summed E-state index contributed by atoms with van der Waals surface area (Å²) >= 11 is 0. The van der Waals surface area contributed by atoms with Gasteiger partial charge in [0.1, 0.15) is 0 Å². The third kappa shape index (κ3) is 3.56. The van der Waals surface area contributed by atoms with Crippen molar-refractivity contribution in [2.75, 3.05) is 11.9 Å². The fraction of sp³-hybridized carbons (Fsp3) is 0.714. The lowest BCUT2D eigenvalue weighted by Crippen LogP contribution is -2.44. The Balaban J connectivity index is 2.00. The number of piperidine rings is 1. The molecule has 1 saturated heterocycles. The van der Waals surface area contributed by atoms with E-state index in [4.69, 9.17) is 0 Å². The van der Waals surface area contributed by atoms with E-state index in [1.54, 1.807) is 6.20 Å². The summed E-state index contributed by atoms with van der Waals surface area (Å²) in [4.78, 5) is 16.5. The lowest BCUT2D eigenvalue weighted by atomic mass is 9.91. The second-order valence-corrected chi connectivity index (χ2v) is 5.78. The molecule has 2 rings (SSSR count). The predicted molar refractivity (Wildman–Crippen MR) is 75.9 cm³/mol. The van der Waals surface area contributed by atoms with Crippen molar-refractivity contribution in [2.24, 2.45) is 11.8 Å². The summed E-state index contributed by atoms with van der Waals surface area (Å²) in [5.74, 6) is 1.31. The zero-order valence-electron chi connectivity index (χ0n) is 12.0. The molecule has 0 bridgehead atoms. The van der Waals surface area contributed by atoms with Crippen LogP contribution in [0, 0.1) is 11.8 Å². The van der Waals surface area contributed by atoms with Gasteiger partial charge in [0.15, 0.2) is 0 Å². The number of aromatic nitrogens is 2. The summed E-state index contributed by atoms with van der Waals surface area (Å²) in [6.45, 7) is 8.25. The molecule has 0 unspecified atom stereocenters. The van der Waals surface area contributed by atoms with Crippen molar-refractivity contribution in [1.82, 2.24) is 14.9 Å². The van der Waals surface area contributed by atoms with Crippen LogP contribution in [0.3, 0.4) is 0 Å². The Bertz CT molecular complexity index is 427. The van der Waals surface area contributed by atoms with E-state index in [2.05, 4.69) is 36.4 Å². The molecule has 0 radical (unpaired) electrons. The molecule has 19 heavy (non-hydrogen) atoms. The number of amides is 1. The van der Waals surface area contributed by atoms with Gasteiger partial charge in [-0.1, -0.05) is 13.8 Å². The van der Waals surface area contributed by atoms with Gasteiger partial charge >= 0.3 is 0 Å². The number of carbonyl (C=O) groups is 1. The predicted octanol–water partition coefficient (Wildman–Crippen LogP) is 1.87. The largest absolute Gasteiger partial charge is 0.317 e. The standard InChI is InChI=1S/C14H24N4O/c1-10(2)9-18-8-7-16-14(18)17-13(19)12-5-4-6-15-11(12)3/h7-8,10-12,15H,4-6,9H2,1-3H3,(H,16,17,19)/t11-,12-/m1/s1. The number of carbonyl (C=O) groups excluding carboxylic acids is 1. The fourth-order valence-electron chi connectivity index (χ4n) is 2.58. The highest BCUT2D eigenvalue weighted by atomic mass is 16.2. The first-order valence-electron chi connectivity index (χ1n) is 7.13. The second kappa shape index (κ2) is 6.19. The maximum atomic E-state index is 12.3. The van der Waals surface area contributed by atoms with Crippen LogP contribution in [-0.4, -0.2) is 28.0 Å². The number of anilines is 1. The van der Waals surface area contributed by atoms with Crippen LogP contribution >= 0.6 is 0 Å². The van der Waals surface area contributed by atoms with E-state index in [0.717, 1.165) is 25.9 Å². The van der Waals surface area contributed by atoms with Crippen LogP contribution in [0.5, 0.6) is 0 Å². The van der Waals surface area contributed by atoms with Crippen molar-refractivity contribution in [1.29, 1.82) is 0 Å². The van der Waals surface area contributed by atoms with Crippen LogP contribution < -0.4 is 10.6 Å². The number of nitrogens with zero attached hydrogens (tertiary/aromatic N) is 2. The van der Waals surface area contributed by atoms with E-state index in [-0.39, 0.29) is 17.9 Å². The van der Waals surface area contributed by atoms with Crippen molar-refractivity contribution in [3.05, 3.63) is 12.4 Å². The van der Waals surface area contributed by atoms with Crippen molar-refractivity contribution >= 4 is 11.9 Å². The van der Waals surface area contributed by atoms with Crippen molar-refractivity contribution in [2.45, 2.75) is 46.2 Å². The molecular weight excluding hydrogens is 240 g/mol. The quantitative estimate of drug-likeness (QED) is 0.872. The number of nitrogens with one attached hydrogen (secondary N) is 2. The average Bonchev–Trinajstić information content (AvgIpc) is 2.76. The first kappa shape index (κ1) is 14.1. The average molecular weight is 264 g/mol. The normalized spacial score (nSPS) is 23.6. The minimum Gasteiger partial charge on any atom is -0.317 e. The fourth-order valence-corrected chi connectivity index (χ4v) is 2.58. The molecule has 2 heterocycles. The first-order chi connectivity index (χ1) is 9.08. The zero-order chi connectivity index (χ0) is 13.8. The monoisotopic (exact) mass is 264 g/mol. The molecule has 5 heteroatoms. The van der Waals surface area contributed by atoms with Gasteiger partial charge in [-0.3, -0.25) is 10.1 Å². The Kier molecular flexibility index (Phi) is 4.58. The Hall–Kier alpha value is -1.36. The van der Waals surface area contributed by atoms with Crippen molar-refractivity contribution in [3.8, 4) is 0 Å². The number of hydrogen-bond donors (Lipinski definition) is 2. The Labute approximate surface area is 114 Å². The molecule has 1 aromatic rings. The molecular formula is C14H24N4O. The highest BCUT2D eigenvalue weighted by molar-refractivity contribution is 5.91. The van der Waals surface area contributed by atoms with Crippen molar-refractivity contribution < 1.29 is 4.79 Å². The first-order valence-corrected chi connectivity index (χ1v) is 7.13. The smallest absolute Gasteiger partial charge is 0.231 e. The topological polar surface area (TPSA) is 59.0 Å². The molecule has 1 amide bonds. The van der Waals surface area contributed by atoms with Gasteiger partial charge in [0.05, 0.1) is 5.92 Å². The molecule has 0 aromatic carbocycles. The summed E-state index contributed by atoms with van der Waals surface area (Å²) in [6, 6.07) is 0.238. The van der Waals surface area contributed by atoms with Crippen LogP contribution in [0.4, 0.5) is 5.95 Å². The molecule has 0 aliphatic carbocycles.